The second-order valence-electron chi connectivity index (χ2n) is 15.3. The monoisotopic (exact) mass is 797 g/mol. The van der Waals surface area contributed by atoms with Crippen LogP contribution in [0.3, 0.4) is 0 Å². The van der Waals surface area contributed by atoms with E-state index >= 15 is 0 Å². The minimum Gasteiger partial charge on any atom is -0.362 e. The number of aryl methyl sites for hydroxylation is 1. The summed E-state index contributed by atoms with van der Waals surface area (Å²) in [6, 6.07) is 16.5. The summed E-state index contributed by atoms with van der Waals surface area (Å²) < 4.78 is 28.5. The molecule has 2 aromatic carbocycles. The Morgan fingerprint density at radius 2 is 1.18 bits per heavy atom. The van der Waals surface area contributed by atoms with E-state index in [9.17, 15) is 32.4 Å². The van der Waals surface area contributed by atoms with Gasteiger partial charge in [-0.15, -0.1) is 0 Å². The van der Waals surface area contributed by atoms with Gasteiger partial charge in [0.1, 0.15) is 17.7 Å². The summed E-state index contributed by atoms with van der Waals surface area (Å²) in [6.07, 6.45) is 0.881. The lowest BCUT2D eigenvalue weighted by atomic mass is 10.0. The Bertz CT molecular complexity index is 1620. The molecule has 0 aromatic heterocycles. The van der Waals surface area contributed by atoms with E-state index in [2.05, 4.69) is 68.2 Å². The maximum absolute atomic E-state index is 13.2. The molecule has 55 heavy (non-hydrogen) atoms. The van der Waals surface area contributed by atoms with Crippen LogP contribution in [0.5, 0.6) is 0 Å². The molecule has 0 bridgehead atoms. The van der Waals surface area contributed by atoms with Crippen LogP contribution in [0.1, 0.15) is 73.1 Å². The lowest BCUT2D eigenvalue weighted by molar-refractivity contribution is -0.132. The van der Waals surface area contributed by atoms with E-state index < -0.39 is 57.7 Å². The Balaban J connectivity index is -0.00000111. The fourth-order valence-electron chi connectivity index (χ4n) is 4.87. The predicted octanol–water partition coefficient (Wildman–Crippen LogP) is 3.21. The number of hydrazine groups is 1. The molecule has 2 heterocycles. The number of hydrogen-bond acceptors (Lipinski definition) is 10. The molecule has 2 aromatic rings. The molecular weight excluding hydrogens is 725 g/mol. The fraction of sp³-hybridized carbons (Fsp3) is 0.575. The minimum atomic E-state index is -3.08. The first kappa shape index (κ1) is 47.0. The highest BCUT2D eigenvalue weighted by molar-refractivity contribution is 7.91. The van der Waals surface area contributed by atoms with Crippen LogP contribution >= 0.6 is 0 Å². The number of benzene rings is 2. The standard InChI is InChI=1S/C32H42N6O8S.2C4H10.5H2/c1-32(22-46-32)27(39)19-33-31(43)26(18-24-10-6-3-7-11-24)37-28(40)20-34-30(42)25(13-12-23-8-4-2-5-9-23)36-29(41)21-35-38-14-16-47(44,45)17-15-38;2*1-4(2)3;;;;;/h2-11,25-26,35H,12-22H2,1H3,(H,33,43)(H,34,42)(H,36,41)(H,37,40);2*4H,1-3H3;5*1H/t25-,26-,32+;;;;;;;/m0......./s1. The molecule has 4 rings (SSSR count). The highest BCUT2D eigenvalue weighted by Gasteiger charge is 2.46. The zero-order valence-electron chi connectivity index (χ0n) is 33.5. The Hall–Kier alpha value is -4.18. The van der Waals surface area contributed by atoms with Gasteiger partial charge < -0.3 is 26.0 Å². The van der Waals surface area contributed by atoms with Gasteiger partial charge in [0.2, 0.25) is 23.6 Å². The van der Waals surface area contributed by atoms with Crippen LogP contribution < -0.4 is 26.7 Å². The molecule has 0 saturated carbocycles. The Morgan fingerprint density at radius 1 is 0.727 bits per heavy atom. The molecule has 3 atom stereocenters. The van der Waals surface area contributed by atoms with Crippen molar-refractivity contribution >= 4 is 39.2 Å². The number of rotatable bonds is 17. The number of ketones is 1. The largest absolute Gasteiger partial charge is 0.362 e. The molecule has 2 aliphatic heterocycles. The van der Waals surface area contributed by atoms with Gasteiger partial charge in [0, 0.05) is 26.6 Å². The summed E-state index contributed by atoms with van der Waals surface area (Å²) in [5, 5.41) is 12.1. The van der Waals surface area contributed by atoms with Crippen molar-refractivity contribution in [3.63, 3.8) is 0 Å². The van der Waals surface area contributed by atoms with Crippen molar-refractivity contribution < 1.29 is 44.3 Å². The van der Waals surface area contributed by atoms with Crippen molar-refractivity contribution in [3.8, 4) is 0 Å². The van der Waals surface area contributed by atoms with Crippen LogP contribution in [0.15, 0.2) is 60.7 Å². The number of sulfone groups is 1. The zero-order valence-corrected chi connectivity index (χ0v) is 34.3. The second-order valence-corrected chi connectivity index (χ2v) is 17.6. The maximum Gasteiger partial charge on any atom is 0.243 e. The van der Waals surface area contributed by atoms with Crippen LogP contribution in [-0.4, -0.2) is 111 Å². The van der Waals surface area contributed by atoms with Gasteiger partial charge in [0.15, 0.2) is 15.6 Å². The first-order valence-corrected chi connectivity index (χ1v) is 20.8. The third-order valence-corrected chi connectivity index (χ3v) is 9.58. The summed E-state index contributed by atoms with van der Waals surface area (Å²) >= 11 is 0. The second kappa shape index (κ2) is 23.7. The number of carbonyl (C=O) groups excluding carboxylic acids is 5. The Morgan fingerprint density at radius 3 is 1.71 bits per heavy atom. The van der Waals surface area contributed by atoms with E-state index in [1.807, 2.05) is 36.4 Å². The molecule has 2 fully saturated rings. The van der Waals surface area contributed by atoms with Gasteiger partial charge in [-0.25, -0.2) is 18.9 Å². The summed E-state index contributed by atoms with van der Waals surface area (Å²) in [5.41, 5.74) is 3.75. The van der Waals surface area contributed by atoms with Crippen molar-refractivity contribution in [2.24, 2.45) is 11.8 Å². The van der Waals surface area contributed by atoms with Crippen molar-refractivity contribution in [2.45, 2.75) is 85.4 Å². The third-order valence-electron chi connectivity index (χ3n) is 7.97. The average Bonchev–Trinajstić information content (AvgIpc) is 3.89. The molecule has 2 aliphatic rings. The van der Waals surface area contributed by atoms with Crippen molar-refractivity contribution in [3.05, 3.63) is 71.8 Å². The maximum atomic E-state index is 13.2. The van der Waals surface area contributed by atoms with Gasteiger partial charge >= 0.3 is 0 Å². The normalized spacial score (nSPS) is 18.3. The Labute approximate surface area is 334 Å². The van der Waals surface area contributed by atoms with E-state index in [-0.39, 0.29) is 63.4 Å². The van der Waals surface area contributed by atoms with Crippen LogP contribution in [0.2, 0.25) is 0 Å². The molecule has 0 radical (unpaired) electrons. The quantitative estimate of drug-likeness (QED) is 0.148. The number of ether oxygens (including phenoxy) is 1. The van der Waals surface area contributed by atoms with Crippen LogP contribution in [0.4, 0.5) is 0 Å². The number of amides is 4. The summed E-state index contributed by atoms with van der Waals surface area (Å²) in [4.78, 5) is 64.3. The van der Waals surface area contributed by atoms with Crippen molar-refractivity contribution in [1.29, 1.82) is 0 Å². The van der Waals surface area contributed by atoms with E-state index in [1.165, 1.54) is 0 Å². The van der Waals surface area contributed by atoms with Crippen LogP contribution in [0.25, 0.3) is 0 Å². The van der Waals surface area contributed by atoms with Crippen LogP contribution in [-0.2, 0) is 51.4 Å². The smallest absolute Gasteiger partial charge is 0.243 e. The zero-order chi connectivity index (χ0) is 41.0. The molecule has 316 valence electrons. The van der Waals surface area contributed by atoms with E-state index in [0.29, 0.717) is 13.0 Å². The van der Waals surface area contributed by atoms with E-state index in [4.69, 9.17) is 4.74 Å². The third kappa shape index (κ3) is 20.4. The van der Waals surface area contributed by atoms with Crippen LogP contribution in [0, 0.1) is 11.8 Å². The minimum absolute atomic E-state index is 0. The van der Waals surface area contributed by atoms with E-state index in [0.717, 1.165) is 23.0 Å². The number of hydrogen-bond donors (Lipinski definition) is 5. The Kier molecular flexibility index (Phi) is 20.2. The predicted molar refractivity (Wildman–Crippen MR) is 224 cm³/mol. The number of nitrogens with one attached hydrogen (secondary N) is 5. The van der Waals surface area contributed by atoms with Gasteiger partial charge in [0.25, 0.3) is 0 Å². The van der Waals surface area contributed by atoms with Crippen molar-refractivity contribution in [1.82, 2.24) is 31.7 Å². The topological polar surface area (TPSA) is 195 Å². The molecule has 0 spiro atoms. The average molecular weight is 797 g/mol. The molecule has 0 unspecified atom stereocenters. The van der Waals surface area contributed by atoms with Gasteiger partial charge in [-0.3, -0.25) is 24.0 Å². The molecule has 4 amide bonds. The van der Waals surface area contributed by atoms with Crippen molar-refractivity contribution in [2.75, 3.05) is 50.8 Å². The number of Topliss-reactive ketones (excluding diaryl/α,β-unsaturated/α-hetero) is 1. The number of epoxide rings is 1. The lowest BCUT2D eigenvalue weighted by Gasteiger charge is -2.27. The van der Waals surface area contributed by atoms with Gasteiger partial charge in [-0.2, -0.15) is 0 Å². The van der Waals surface area contributed by atoms with Gasteiger partial charge in [-0.1, -0.05) is 102 Å². The molecular formula is C40H72N6O8S. The summed E-state index contributed by atoms with van der Waals surface area (Å²) in [7, 11) is -3.08. The highest BCUT2D eigenvalue weighted by atomic mass is 32.2. The molecule has 5 N–H and O–H groups in total. The number of carbonyl (C=O) groups is 5. The molecule has 14 nitrogen and oxygen atoms in total. The molecule has 0 aliphatic carbocycles. The SMILES string of the molecule is CC(C)C.CC(C)C.C[C@]1(C(=O)CNC(=O)[C@H](Cc2ccccc2)NC(=O)CNC(=O)[C@H](CCc2ccccc2)NC(=O)CNN2CCS(=O)(=O)CC2)CO1.[HH].[HH].[HH].[HH].[HH]. The first-order chi connectivity index (χ1) is 25.9. The van der Waals surface area contributed by atoms with Gasteiger partial charge in [0.05, 0.1) is 37.7 Å². The first-order valence-electron chi connectivity index (χ1n) is 19.0. The van der Waals surface area contributed by atoms with E-state index in [1.54, 1.807) is 36.2 Å². The van der Waals surface area contributed by atoms with Gasteiger partial charge in [-0.05, 0) is 42.7 Å². The fourth-order valence-corrected chi connectivity index (χ4v) is 6.07. The molecule has 2 saturated heterocycles. The number of nitrogens with zero attached hydrogens (tertiary/aromatic N) is 1. The summed E-state index contributed by atoms with van der Waals surface area (Å²) in [5.74, 6) is -0.869. The molecule has 15 heteroatoms. The summed E-state index contributed by atoms with van der Waals surface area (Å²) in [6.45, 7) is 14.6. The lowest BCUT2D eigenvalue weighted by Crippen LogP contribution is -2.55. The highest BCUT2D eigenvalue weighted by Crippen LogP contribution is 2.26.